The van der Waals surface area contributed by atoms with Crippen molar-refractivity contribution in [1.29, 1.82) is 0 Å². The number of halogens is 1. The zero-order valence-corrected chi connectivity index (χ0v) is 15.4. The number of carbonyl (C=O) groups is 2. The molecule has 0 aromatic heterocycles. The number of carbonyl (C=O) groups excluding carboxylic acids is 2. The van der Waals surface area contributed by atoms with E-state index in [1.165, 1.54) is 25.3 Å². The Balaban J connectivity index is 1.76. The Hall–Kier alpha value is -3.09. The maximum absolute atomic E-state index is 13.2. The molecular formula is C20H21FN2O4. The Labute approximate surface area is 156 Å². The van der Waals surface area contributed by atoms with Crippen molar-refractivity contribution >= 4 is 23.2 Å². The molecule has 3 rings (SSSR count). The molecule has 1 N–H and O–H groups in total. The fourth-order valence-corrected chi connectivity index (χ4v) is 3.13. The summed E-state index contributed by atoms with van der Waals surface area (Å²) in [5.41, 5.74) is 1.76. The molecule has 2 amide bonds. The molecule has 1 aliphatic heterocycles. The van der Waals surface area contributed by atoms with Crippen LogP contribution in [0.25, 0.3) is 0 Å². The van der Waals surface area contributed by atoms with E-state index in [1.807, 2.05) is 0 Å². The molecule has 142 valence electrons. The molecule has 1 fully saturated rings. The first-order chi connectivity index (χ1) is 12.9. The van der Waals surface area contributed by atoms with Gasteiger partial charge in [0.2, 0.25) is 11.8 Å². The van der Waals surface area contributed by atoms with E-state index in [4.69, 9.17) is 9.47 Å². The lowest BCUT2D eigenvalue weighted by Gasteiger charge is -2.20. The minimum Gasteiger partial charge on any atom is -0.497 e. The van der Waals surface area contributed by atoms with Gasteiger partial charge >= 0.3 is 0 Å². The summed E-state index contributed by atoms with van der Waals surface area (Å²) in [5.74, 6) is -0.183. The quantitative estimate of drug-likeness (QED) is 0.876. The summed E-state index contributed by atoms with van der Waals surface area (Å²) in [6, 6.07) is 9.32. The Bertz CT molecular complexity index is 884. The van der Waals surface area contributed by atoms with E-state index in [0.717, 1.165) is 0 Å². The largest absolute Gasteiger partial charge is 0.497 e. The number of hydrogen-bond acceptors (Lipinski definition) is 4. The Morgan fingerprint density at radius 2 is 1.96 bits per heavy atom. The molecule has 1 aliphatic rings. The number of ether oxygens (including phenoxy) is 2. The molecular weight excluding hydrogens is 351 g/mol. The molecule has 0 spiro atoms. The first kappa shape index (κ1) is 18.7. The lowest BCUT2D eigenvalue weighted by Crippen LogP contribution is -2.28. The number of benzene rings is 2. The van der Waals surface area contributed by atoms with Gasteiger partial charge in [-0.2, -0.15) is 0 Å². The highest BCUT2D eigenvalue weighted by Gasteiger charge is 2.36. The van der Waals surface area contributed by atoms with Crippen molar-refractivity contribution in [2.24, 2.45) is 5.92 Å². The summed E-state index contributed by atoms with van der Waals surface area (Å²) in [4.78, 5) is 26.6. The molecule has 0 aliphatic carbocycles. The van der Waals surface area contributed by atoms with E-state index < -0.39 is 5.92 Å². The van der Waals surface area contributed by atoms with Gasteiger partial charge in [-0.1, -0.05) is 0 Å². The van der Waals surface area contributed by atoms with Crippen LogP contribution in [0, 0.1) is 18.7 Å². The lowest BCUT2D eigenvalue weighted by atomic mass is 10.1. The van der Waals surface area contributed by atoms with Crippen molar-refractivity contribution in [3.63, 3.8) is 0 Å². The zero-order chi connectivity index (χ0) is 19.6. The maximum atomic E-state index is 13.2. The van der Waals surface area contributed by atoms with E-state index in [2.05, 4.69) is 5.32 Å². The Kier molecular flexibility index (Phi) is 5.30. The van der Waals surface area contributed by atoms with Gasteiger partial charge in [-0.05, 0) is 42.8 Å². The van der Waals surface area contributed by atoms with E-state index >= 15 is 0 Å². The predicted octanol–water partition coefficient (Wildman–Crippen LogP) is 3.14. The average Bonchev–Trinajstić information content (AvgIpc) is 3.05. The van der Waals surface area contributed by atoms with Crippen molar-refractivity contribution < 1.29 is 23.5 Å². The number of methoxy groups -OCH3 is 2. The number of nitrogens with zero attached hydrogens (tertiary/aromatic N) is 1. The van der Waals surface area contributed by atoms with Gasteiger partial charge in [0, 0.05) is 24.7 Å². The summed E-state index contributed by atoms with van der Waals surface area (Å²) < 4.78 is 23.7. The summed E-state index contributed by atoms with van der Waals surface area (Å²) >= 11 is 0. The van der Waals surface area contributed by atoms with E-state index in [-0.39, 0.29) is 30.6 Å². The van der Waals surface area contributed by atoms with Crippen LogP contribution < -0.4 is 19.7 Å². The number of hydrogen-bond donors (Lipinski definition) is 1. The minimum absolute atomic E-state index is 0.0985. The summed E-state index contributed by atoms with van der Waals surface area (Å²) in [7, 11) is 3.06. The zero-order valence-electron chi connectivity index (χ0n) is 15.4. The molecule has 2 aromatic rings. The third kappa shape index (κ3) is 3.86. The summed E-state index contributed by atoms with van der Waals surface area (Å²) in [5, 5.41) is 2.78. The minimum atomic E-state index is -0.506. The molecule has 2 aromatic carbocycles. The molecule has 0 radical (unpaired) electrons. The van der Waals surface area contributed by atoms with Gasteiger partial charge in [-0.15, -0.1) is 0 Å². The topological polar surface area (TPSA) is 67.9 Å². The molecule has 27 heavy (non-hydrogen) atoms. The molecule has 1 saturated heterocycles. The summed E-state index contributed by atoms with van der Waals surface area (Å²) in [6.45, 7) is 1.96. The van der Waals surface area contributed by atoms with Crippen molar-refractivity contribution in [3.05, 3.63) is 47.8 Å². The number of aryl methyl sites for hydroxylation is 1. The maximum Gasteiger partial charge on any atom is 0.229 e. The van der Waals surface area contributed by atoms with Gasteiger partial charge in [0.1, 0.15) is 17.3 Å². The van der Waals surface area contributed by atoms with Crippen LogP contribution in [0.5, 0.6) is 11.5 Å². The number of anilines is 2. The number of rotatable bonds is 5. The third-order valence-electron chi connectivity index (χ3n) is 4.62. The number of amides is 2. The fraction of sp³-hybridized carbons (Fsp3) is 0.300. The Morgan fingerprint density at radius 3 is 2.63 bits per heavy atom. The highest BCUT2D eigenvalue weighted by Crippen LogP contribution is 2.36. The molecule has 1 atom stereocenters. The van der Waals surface area contributed by atoms with Crippen LogP contribution in [0.15, 0.2) is 36.4 Å². The van der Waals surface area contributed by atoms with Crippen molar-refractivity contribution in [2.75, 3.05) is 31.0 Å². The molecule has 0 bridgehead atoms. The van der Waals surface area contributed by atoms with Crippen molar-refractivity contribution in [3.8, 4) is 11.5 Å². The highest BCUT2D eigenvalue weighted by atomic mass is 19.1. The third-order valence-corrected chi connectivity index (χ3v) is 4.62. The first-order valence-corrected chi connectivity index (χ1v) is 8.52. The van der Waals surface area contributed by atoms with Gasteiger partial charge in [-0.25, -0.2) is 4.39 Å². The van der Waals surface area contributed by atoms with Crippen LogP contribution in [-0.4, -0.2) is 32.6 Å². The van der Waals surface area contributed by atoms with E-state index in [0.29, 0.717) is 28.4 Å². The lowest BCUT2D eigenvalue weighted by molar-refractivity contribution is -0.122. The van der Waals surface area contributed by atoms with Crippen molar-refractivity contribution in [1.82, 2.24) is 0 Å². The predicted molar refractivity (Wildman–Crippen MR) is 99.8 cm³/mol. The second kappa shape index (κ2) is 7.65. The average molecular weight is 372 g/mol. The summed E-state index contributed by atoms with van der Waals surface area (Å²) in [6.07, 6.45) is 0.0985. The molecule has 0 saturated carbocycles. The highest BCUT2D eigenvalue weighted by molar-refractivity contribution is 6.04. The van der Waals surface area contributed by atoms with Crippen LogP contribution in [-0.2, 0) is 9.59 Å². The standard InChI is InChI=1S/C20H21FN2O4/c1-12-8-14(21)4-6-16(12)22-20(25)13-9-19(24)23(11-13)17-7-5-15(26-2)10-18(17)27-3/h4-8,10,13H,9,11H2,1-3H3,(H,22,25)/t13-/m0/s1. The molecule has 1 heterocycles. The molecule has 6 nitrogen and oxygen atoms in total. The van der Waals surface area contributed by atoms with Crippen LogP contribution in [0.3, 0.4) is 0 Å². The van der Waals surface area contributed by atoms with Crippen LogP contribution in [0.2, 0.25) is 0 Å². The number of nitrogens with one attached hydrogen (secondary N) is 1. The normalized spacial score (nSPS) is 16.4. The van der Waals surface area contributed by atoms with E-state index in [1.54, 1.807) is 37.1 Å². The van der Waals surface area contributed by atoms with Gasteiger partial charge in [0.05, 0.1) is 25.8 Å². The smallest absolute Gasteiger partial charge is 0.229 e. The SMILES string of the molecule is COc1ccc(N2C[C@@H](C(=O)Nc3ccc(F)cc3C)CC2=O)c(OC)c1. The fourth-order valence-electron chi connectivity index (χ4n) is 3.13. The van der Waals surface area contributed by atoms with Gasteiger partial charge in [-0.3, -0.25) is 9.59 Å². The first-order valence-electron chi connectivity index (χ1n) is 8.52. The van der Waals surface area contributed by atoms with Gasteiger partial charge in [0.25, 0.3) is 0 Å². The Morgan fingerprint density at radius 1 is 1.19 bits per heavy atom. The molecule has 0 unspecified atom stereocenters. The van der Waals surface area contributed by atoms with Gasteiger partial charge in [0.15, 0.2) is 0 Å². The molecule has 7 heteroatoms. The second-order valence-corrected chi connectivity index (χ2v) is 6.39. The van der Waals surface area contributed by atoms with E-state index in [9.17, 15) is 14.0 Å². The second-order valence-electron chi connectivity index (χ2n) is 6.39. The monoisotopic (exact) mass is 372 g/mol. The van der Waals surface area contributed by atoms with Crippen LogP contribution >= 0.6 is 0 Å². The van der Waals surface area contributed by atoms with Crippen LogP contribution in [0.4, 0.5) is 15.8 Å². The van der Waals surface area contributed by atoms with Crippen LogP contribution in [0.1, 0.15) is 12.0 Å². The van der Waals surface area contributed by atoms with Crippen molar-refractivity contribution in [2.45, 2.75) is 13.3 Å². The van der Waals surface area contributed by atoms with Gasteiger partial charge < -0.3 is 19.7 Å².